The molecule has 0 unspecified atom stereocenters. The Morgan fingerprint density at radius 1 is 0.447 bits per heavy atom. The van der Waals surface area contributed by atoms with E-state index in [1.54, 1.807) is 24.3 Å². The Kier molecular flexibility index (Phi) is 10.7. The Bertz CT molecular complexity index is 1340. The van der Waals surface area contributed by atoms with Crippen molar-refractivity contribution in [1.29, 1.82) is 0 Å². The van der Waals surface area contributed by atoms with Gasteiger partial charge in [0.15, 0.2) is 0 Å². The van der Waals surface area contributed by atoms with E-state index in [1.807, 2.05) is 0 Å². The van der Waals surface area contributed by atoms with E-state index in [-0.39, 0.29) is 70.7 Å². The highest BCUT2D eigenvalue weighted by Gasteiger charge is 2.21. The summed E-state index contributed by atoms with van der Waals surface area (Å²) in [6.45, 7) is 0. The van der Waals surface area contributed by atoms with Crippen LogP contribution < -0.4 is 0 Å². The number of halogens is 8. The number of benzene rings is 4. The van der Waals surface area contributed by atoms with Gasteiger partial charge in [-0.25, -0.2) is 0 Å². The van der Waals surface area contributed by atoms with Gasteiger partial charge in [-0.3, -0.25) is 0 Å². The third kappa shape index (κ3) is 7.32. The molecule has 0 fully saturated rings. The van der Waals surface area contributed by atoms with Crippen LogP contribution in [0.4, 0.5) is 0 Å². The molecule has 38 heavy (non-hydrogen) atoms. The standard InChI is InChI=1S/C13H6Cl6O2.C13H10Cl2O2/c14-6-2-8(16)12(20)4(10(6)18)1-5-11(19)7(15)3-9(17)13(5)21;14-10-1-3-12(16)8(6-10)5-9-7-11(15)2-4-13(9)17/h2-3,20-21H,1H2;1-4,6-7,16-17H,5H2. The van der Waals surface area contributed by atoms with Crippen LogP contribution in [0.1, 0.15) is 22.3 Å². The van der Waals surface area contributed by atoms with Crippen LogP contribution in [0.15, 0.2) is 48.5 Å². The Morgan fingerprint density at radius 3 is 1.18 bits per heavy atom. The molecule has 4 N–H and O–H groups in total. The van der Waals surface area contributed by atoms with Crippen molar-refractivity contribution in [1.82, 2.24) is 0 Å². The second-order valence-corrected chi connectivity index (χ2v) is 11.1. The van der Waals surface area contributed by atoms with Crippen molar-refractivity contribution in [2.45, 2.75) is 12.8 Å². The van der Waals surface area contributed by atoms with E-state index in [4.69, 9.17) is 92.8 Å². The highest BCUT2D eigenvalue weighted by Crippen LogP contribution is 2.44. The average Bonchev–Trinajstić information content (AvgIpc) is 2.86. The molecule has 0 atom stereocenters. The molecule has 0 aliphatic heterocycles. The summed E-state index contributed by atoms with van der Waals surface area (Å²) in [5.74, 6) is -0.210. The van der Waals surface area contributed by atoms with Crippen LogP contribution in [0.2, 0.25) is 40.2 Å². The molecule has 4 aromatic rings. The van der Waals surface area contributed by atoms with E-state index >= 15 is 0 Å². The molecular weight excluding hydrogens is 660 g/mol. The Labute approximate surface area is 258 Å². The smallest absolute Gasteiger partial charge is 0.139 e. The van der Waals surface area contributed by atoms with Crippen LogP contribution in [0, 0.1) is 0 Å². The van der Waals surface area contributed by atoms with Gasteiger partial charge >= 0.3 is 0 Å². The topological polar surface area (TPSA) is 80.9 Å². The zero-order chi connectivity index (χ0) is 28.3. The van der Waals surface area contributed by atoms with Gasteiger partial charge in [-0.05, 0) is 59.7 Å². The Hall–Kier alpha value is -1.60. The zero-order valence-electron chi connectivity index (χ0n) is 18.8. The van der Waals surface area contributed by atoms with E-state index in [2.05, 4.69) is 0 Å². The fraction of sp³-hybridized carbons (Fsp3) is 0.0769. The van der Waals surface area contributed by atoms with Gasteiger partial charge in [0.2, 0.25) is 0 Å². The summed E-state index contributed by atoms with van der Waals surface area (Å²) in [5.41, 5.74) is 1.72. The van der Waals surface area contributed by atoms with Crippen LogP contribution in [-0.2, 0) is 12.8 Å². The number of hydrogen-bond donors (Lipinski definition) is 4. The van der Waals surface area contributed by atoms with Crippen molar-refractivity contribution in [3.63, 3.8) is 0 Å². The third-order valence-electron chi connectivity index (χ3n) is 5.30. The lowest BCUT2D eigenvalue weighted by atomic mass is 10.0. The van der Waals surface area contributed by atoms with Crippen LogP contribution >= 0.6 is 92.8 Å². The molecule has 0 spiro atoms. The molecule has 0 radical (unpaired) electrons. The second-order valence-electron chi connectivity index (χ2n) is 7.86. The van der Waals surface area contributed by atoms with Gasteiger partial charge in [0.05, 0.1) is 30.1 Å². The quantitative estimate of drug-likeness (QED) is 0.162. The number of aromatic hydroxyl groups is 4. The Morgan fingerprint density at radius 2 is 0.816 bits per heavy atom. The largest absolute Gasteiger partial charge is 0.508 e. The summed E-state index contributed by atoms with van der Waals surface area (Å²) >= 11 is 47.4. The minimum absolute atomic E-state index is 0.0307. The van der Waals surface area contributed by atoms with E-state index in [9.17, 15) is 20.4 Å². The molecule has 4 nitrogen and oxygen atoms in total. The van der Waals surface area contributed by atoms with Crippen molar-refractivity contribution >= 4 is 92.8 Å². The highest BCUT2D eigenvalue weighted by atomic mass is 35.5. The van der Waals surface area contributed by atoms with Crippen LogP contribution in [-0.4, -0.2) is 20.4 Å². The fourth-order valence-electron chi connectivity index (χ4n) is 3.37. The number of hydrogen-bond acceptors (Lipinski definition) is 4. The van der Waals surface area contributed by atoms with Gasteiger partial charge < -0.3 is 20.4 Å². The molecule has 0 aromatic heterocycles. The molecule has 12 heteroatoms. The first-order valence-electron chi connectivity index (χ1n) is 10.5. The van der Waals surface area contributed by atoms with Gasteiger partial charge in [-0.1, -0.05) is 92.8 Å². The molecule has 0 heterocycles. The van der Waals surface area contributed by atoms with Crippen molar-refractivity contribution in [3.05, 3.63) is 111 Å². The van der Waals surface area contributed by atoms with Crippen molar-refractivity contribution in [3.8, 4) is 23.0 Å². The predicted octanol–water partition coefficient (Wildman–Crippen LogP) is 10.6. The van der Waals surface area contributed by atoms with E-state index in [0.29, 0.717) is 27.6 Å². The minimum Gasteiger partial charge on any atom is -0.508 e. The van der Waals surface area contributed by atoms with Gasteiger partial charge in [0.1, 0.15) is 23.0 Å². The molecule has 200 valence electrons. The molecule has 0 amide bonds. The number of phenols is 4. The normalized spacial score (nSPS) is 10.7. The fourth-order valence-corrected chi connectivity index (χ4v) is 5.18. The SMILES string of the molecule is Oc1c(Cl)cc(Cl)c(Cl)c1Cc1c(O)c(Cl)cc(Cl)c1Cl.Oc1ccc(Cl)cc1Cc1cc(Cl)ccc1O. The summed E-state index contributed by atoms with van der Waals surface area (Å²) in [6.07, 6.45) is 0.328. The van der Waals surface area contributed by atoms with Crippen molar-refractivity contribution in [2.24, 2.45) is 0 Å². The molecule has 0 saturated heterocycles. The number of rotatable bonds is 4. The summed E-state index contributed by atoms with van der Waals surface area (Å²) < 4.78 is 0. The summed E-state index contributed by atoms with van der Waals surface area (Å²) in [5, 5.41) is 41.1. The predicted molar refractivity (Wildman–Crippen MR) is 158 cm³/mol. The highest BCUT2D eigenvalue weighted by molar-refractivity contribution is 6.45. The average molecular weight is 676 g/mol. The molecule has 4 aromatic carbocycles. The van der Waals surface area contributed by atoms with Crippen molar-refractivity contribution < 1.29 is 20.4 Å². The molecule has 0 aliphatic rings. The van der Waals surface area contributed by atoms with E-state index in [1.165, 1.54) is 24.3 Å². The zero-order valence-corrected chi connectivity index (χ0v) is 24.9. The van der Waals surface area contributed by atoms with Crippen LogP contribution in [0.3, 0.4) is 0 Å². The molecule has 0 aliphatic carbocycles. The van der Waals surface area contributed by atoms with Gasteiger partial charge in [0, 0.05) is 34.0 Å². The Balaban J connectivity index is 0.000000215. The molecule has 0 saturated carbocycles. The summed E-state index contributed by atoms with van der Waals surface area (Å²) in [4.78, 5) is 0. The molecule has 0 bridgehead atoms. The van der Waals surface area contributed by atoms with Gasteiger partial charge in [-0.15, -0.1) is 0 Å². The maximum Gasteiger partial charge on any atom is 0.139 e. The first-order valence-corrected chi connectivity index (χ1v) is 13.5. The van der Waals surface area contributed by atoms with Crippen molar-refractivity contribution in [2.75, 3.05) is 0 Å². The lowest BCUT2D eigenvalue weighted by Gasteiger charge is -2.14. The molecule has 4 rings (SSSR count). The lowest BCUT2D eigenvalue weighted by Crippen LogP contribution is -1.95. The number of phenolic OH excluding ortho intramolecular Hbond substituents is 4. The van der Waals surface area contributed by atoms with E-state index < -0.39 is 0 Å². The van der Waals surface area contributed by atoms with Gasteiger partial charge in [0.25, 0.3) is 0 Å². The van der Waals surface area contributed by atoms with Crippen LogP contribution in [0.25, 0.3) is 0 Å². The van der Waals surface area contributed by atoms with Crippen LogP contribution in [0.5, 0.6) is 23.0 Å². The minimum atomic E-state index is -0.252. The first-order chi connectivity index (χ1) is 17.8. The summed E-state index contributed by atoms with van der Waals surface area (Å²) in [6, 6.07) is 12.2. The third-order valence-corrected chi connectivity index (χ3v) is 8.00. The van der Waals surface area contributed by atoms with E-state index in [0.717, 1.165) is 0 Å². The first kappa shape index (κ1) is 30.9. The maximum absolute atomic E-state index is 10.0. The monoisotopic (exact) mass is 672 g/mol. The maximum atomic E-state index is 10.0. The lowest BCUT2D eigenvalue weighted by molar-refractivity contribution is 0.462. The second kappa shape index (κ2) is 13.2. The van der Waals surface area contributed by atoms with Gasteiger partial charge in [-0.2, -0.15) is 0 Å². The summed E-state index contributed by atoms with van der Waals surface area (Å²) in [7, 11) is 0. The molecular formula is C26H16Cl8O4.